The van der Waals surface area contributed by atoms with Crippen molar-refractivity contribution in [3.8, 4) is 0 Å². The summed E-state index contributed by atoms with van der Waals surface area (Å²) in [5.74, 6) is -4.54. The van der Waals surface area contributed by atoms with E-state index in [1.807, 2.05) is 54.5 Å². The molecule has 6 rings (SSSR count). The van der Waals surface area contributed by atoms with E-state index in [-0.39, 0.29) is 65.7 Å². The molecule has 0 bridgehead atoms. The topological polar surface area (TPSA) is 182 Å². The highest BCUT2D eigenvalue weighted by atomic mass is 16.8. The Labute approximate surface area is 358 Å². The van der Waals surface area contributed by atoms with Crippen molar-refractivity contribution < 1.29 is 48.6 Å². The number of aliphatic hydroxyl groups excluding tert-OH is 2. The third kappa shape index (κ3) is 9.21. The molecule has 6 heterocycles. The van der Waals surface area contributed by atoms with Crippen LogP contribution in [-0.4, -0.2) is 109 Å². The van der Waals surface area contributed by atoms with E-state index in [1.165, 1.54) is 0 Å². The molecule has 5 aliphatic rings. The fraction of sp³-hybridized carbons (Fsp3) is 0.851. The quantitative estimate of drug-likeness (QED) is 0.127. The minimum absolute atomic E-state index is 0.0179. The molecule has 1 amide bonds. The van der Waals surface area contributed by atoms with Crippen LogP contribution in [0.3, 0.4) is 0 Å². The first-order chi connectivity index (χ1) is 28.4. The molecule has 4 saturated heterocycles. The number of nitrogens with one attached hydrogen (secondary N) is 2. The average Bonchev–Trinajstić information content (AvgIpc) is 3.88. The number of hydrogen-bond donors (Lipinski definition) is 5. The van der Waals surface area contributed by atoms with Crippen LogP contribution in [0, 0.1) is 41.4 Å². The molecule has 60 heavy (non-hydrogen) atoms. The van der Waals surface area contributed by atoms with Gasteiger partial charge < -0.3 is 49.3 Å². The number of aliphatic hydroxyl groups is 3. The van der Waals surface area contributed by atoms with Crippen molar-refractivity contribution in [2.75, 3.05) is 6.54 Å². The molecule has 1 aromatic rings. The van der Waals surface area contributed by atoms with Crippen molar-refractivity contribution in [2.45, 2.75) is 205 Å². The Bertz CT molecular complexity index is 1630. The maximum Gasteiger partial charge on any atom is 0.225 e. The van der Waals surface area contributed by atoms with Crippen LogP contribution in [0.15, 0.2) is 24.7 Å². The fourth-order valence-electron chi connectivity index (χ4n) is 11.4. The third-order valence-electron chi connectivity index (χ3n) is 15.7. The van der Waals surface area contributed by atoms with E-state index >= 15 is 0 Å². The van der Waals surface area contributed by atoms with E-state index in [1.54, 1.807) is 18.6 Å². The number of Topliss-reactive ketones (excluding diaryl/α,β-unsaturated/α-hetero) is 1. The molecular formula is C47H77N3O10. The van der Waals surface area contributed by atoms with E-state index in [9.17, 15) is 24.9 Å². The van der Waals surface area contributed by atoms with Crippen molar-refractivity contribution in [1.82, 2.24) is 15.3 Å². The zero-order valence-electron chi connectivity index (χ0n) is 38.0. The van der Waals surface area contributed by atoms with Crippen molar-refractivity contribution in [1.29, 1.82) is 0 Å². The van der Waals surface area contributed by atoms with Crippen LogP contribution in [0.25, 0.3) is 0 Å². The number of H-pyrrole nitrogens is 1. The van der Waals surface area contributed by atoms with Gasteiger partial charge in [0, 0.05) is 54.9 Å². The van der Waals surface area contributed by atoms with Crippen LogP contribution in [0.1, 0.15) is 139 Å². The van der Waals surface area contributed by atoms with Gasteiger partial charge in [0.15, 0.2) is 5.79 Å². The normalized spacial score (nSPS) is 42.1. The molecule has 0 saturated carbocycles. The number of hydrogen-bond acceptors (Lipinski definition) is 11. The van der Waals surface area contributed by atoms with Gasteiger partial charge in [-0.15, -0.1) is 0 Å². The lowest BCUT2D eigenvalue weighted by molar-refractivity contribution is -0.409. The van der Waals surface area contributed by atoms with Gasteiger partial charge in [-0.05, 0) is 95.6 Å². The van der Waals surface area contributed by atoms with Crippen LogP contribution < -0.4 is 5.32 Å². The number of ether oxygens (including phenoxy) is 5. The molecule has 5 N–H and O–H groups in total. The first-order valence-corrected chi connectivity index (χ1v) is 23.3. The summed E-state index contributed by atoms with van der Waals surface area (Å²) in [4.78, 5) is 35.1. The molecule has 0 aromatic carbocycles. The predicted molar refractivity (Wildman–Crippen MR) is 226 cm³/mol. The first-order valence-electron chi connectivity index (χ1n) is 23.3. The SMILES string of the molecule is CC[C@@H](C(=O)[C@@H](C)[C@@H](O)[C@H](C)[C@@H]1O[C@@H]([C@@H](CC)C(=O)NCCc2cnc[nH]2)CC[C@@H]1C)[C@H]1O[C@]2(C=C[C@@H](O)[C@]3(CC[C@@](C)([C@H]4CC[C@](O)(CC)[C@H](C)O4)O3)O2)[C@H](C)C[C@@H]1C. The molecule has 0 unspecified atom stereocenters. The summed E-state index contributed by atoms with van der Waals surface area (Å²) in [7, 11) is 0. The van der Waals surface area contributed by atoms with Crippen LogP contribution in [-0.2, 0) is 39.7 Å². The molecule has 340 valence electrons. The first kappa shape index (κ1) is 47.3. The van der Waals surface area contributed by atoms with Crippen LogP contribution in [0.5, 0.6) is 0 Å². The summed E-state index contributed by atoms with van der Waals surface area (Å²) in [5, 5.41) is 37.6. The number of rotatable bonds is 15. The fourth-order valence-corrected chi connectivity index (χ4v) is 11.4. The van der Waals surface area contributed by atoms with Crippen molar-refractivity contribution >= 4 is 11.7 Å². The summed E-state index contributed by atoms with van der Waals surface area (Å²) in [6, 6.07) is 0. The molecule has 1 aromatic heterocycles. The maximum atomic E-state index is 14.6. The second kappa shape index (κ2) is 18.9. The van der Waals surface area contributed by atoms with Gasteiger partial charge in [0.2, 0.25) is 11.7 Å². The van der Waals surface area contributed by atoms with E-state index < -0.39 is 52.9 Å². The predicted octanol–water partition coefficient (Wildman–Crippen LogP) is 6.19. The molecular weight excluding hydrogens is 767 g/mol. The molecule has 4 fully saturated rings. The number of nitrogens with zero attached hydrogens (tertiary/aromatic N) is 1. The lowest BCUT2D eigenvalue weighted by Gasteiger charge is -2.54. The molecule has 0 aliphatic carbocycles. The Balaban J connectivity index is 1.12. The summed E-state index contributed by atoms with van der Waals surface area (Å²) in [6.07, 6.45) is 10.2. The highest BCUT2D eigenvalue weighted by molar-refractivity contribution is 5.84. The van der Waals surface area contributed by atoms with Crippen molar-refractivity contribution in [3.63, 3.8) is 0 Å². The monoisotopic (exact) mass is 844 g/mol. The lowest BCUT2D eigenvalue weighted by Crippen LogP contribution is -2.63. The maximum absolute atomic E-state index is 14.6. The van der Waals surface area contributed by atoms with Gasteiger partial charge in [-0.2, -0.15) is 0 Å². The molecule has 2 spiro atoms. The van der Waals surface area contributed by atoms with Crippen LogP contribution in [0.2, 0.25) is 0 Å². The second-order valence-corrected chi connectivity index (χ2v) is 19.7. The summed E-state index contributed by atoms with van der Waals surface area (Å²) >= 11 is 0. The molecule has 13 nitrogen and oxygen atoms in total. The smallest absolute Gasteiger partial charge is 0.225 e. The number of ketones is 1. The third-order valence-corrected chi connectivity index (χ3v) is 15.7. The van der Waals surface area contributed by atoms with E-state index in [0.717, 1.165) is 25.0 Å². The largest absolute Gasteiger partial charge is 0.392 e. The zero-order chi connectivity index (χ0) is 43.8. The molecule has 18 atom stereocenters. The summed E-state index contributed by atoms with van der Waals surface area (Å²) in [6.45, 7) is 20.5. The number of carbonyl (C=O) groups excluding carboxylic acids is 2. The zero-order valence-corrected chi connectivity index (χ0v) is 38.0. The number of amides is 1. The minimum Gasteiger partial charge on any atom is -0.392 e. The highest BCUT2D eigenvalue weighted by Crippen LogP contribution is 2.54. The standard InChI is InChI=1S/C47H77N3O10/c1-11-34(43(54)49-23-18-33-25-48-26-50-33)36-15-14-27(4)41(57-36)31(8)39(52)30(7)40(53)35(12-2)42-28(5)24-29(6)46(58-42)20-16-37(51)47(60-46)22-21-44(10,59-47)38-17-19-45(55,13-3)32(9)56-38/h16,20,25-32,34-39,41-42,51-52,55H,11-15,17-19,21-24H2,1-10H3,(H,48,50)(H,49,54)/t27-,28-,29+,30-,31-,32-,34+,35-,36+,37+,38+,39+,41+,42-,44-,45+,46-,47-/m0/s1. The Morgan fingerprint density at radius 2 is 1.70 bits per heavy atom. The summed E-state index contributed by atoms with van der Waals surface area (Å²) in [5.41, 5.74) is -0.670. The molecule has 0 radical (unpaired) electrons. The Hall–Kier alpha value is -2.23. The Morgan fingerprint density at radius 1 is 0.967 bits per heavy atom. The van der Waals surface area contributed by atoms with Crippen molar-refractivity contribution in [3.05, 3.63) is 30.4 Å². The van der Waals surface area contributed by atoms with Crippen molar-refractivity contribution in [2.24, 2.45) is 41.4 Å². The Morgan fingerprint density at radius 3 is 2.35 bits per heavy atom. The van der Waals surface area contributed by atoms with Gasteiger partial charge in [-0.3, -0.25) is 9.59 Å². The average molecular weight is 844 g/mol. The van der Waals surface area contributed by atoms with Gasteiger partial charge in [0.1, 0.15) is 11.9 Å². The number of aromatic nitrogens is 2. The van der Waals surface area contributed by atoms with E-state index in [2.05, 4.69) is 36.1 Å². The van der Waals surface area contributed by atoms with Crippen LogP contribution in [0.4, 0.5) is 0 Å². The highest BCUT2D eigenvalue weighted by Gasteiger charge is 2.63. The number of aromatic amines is 1. The van der Waals surface area contributed by atoms with Gasteiger partial charge in [-0.25, -0.2) is 4.98 Å². The van der Waals surface area contributed by atoms with Gasteiger partial charge >= 0.3 is 0 Å². The van der Waals surface area contributed by atoms with Gasteiger partial charge in [0.05, 0.1) is 60.1 Å². The molecule has 5 aliphatic heterocycles. The van der Waals surface area contributed by atoms with Gasteiger partial charge in [-0.1, -0.05) is 55.4 Å². The van der Waals surface area contributed by atoms with E-state index in [4.69, 9.17) is 23.7 Å². The Kier molecular flexibility index (Phi) is 14.8. The minimum atomic E-state index is -1.37. The molecule has 13 heteroatoms. The number of carbonyl (C=O) groups is 2. The summed E-state index contributed by atoms with van der Waals surface area (Å²) < 4.78 is 34.0. The lowest BCUT2D eigenvalue weighted by atomic mass is 9.72. The van der Waals surface area contributed by atoms with Crippen LogP contribution >= 0.6 is 0 Å². The van der Waals surface area contributed by atoms with E-state index in [0.29, 0.717) is 57.9 Å². The second-order valence-electron chi connectivity index (χ2n) is 19.7. The van der Waals surface area contributed by atoms with Gasteiger partial charge in [0.25, 0.3) is 0 Å². The number of imidazole rings is 1.